The first-order valence-electron chi connectivity index (χ1n) is 5.48. The molecule has 0 aromatic carbocycles. The summed E-state index contributed by atoms with van der Waals surface area (Å²) in [6.45, 7) is 6.15. The fraction of sp³-hybridized carbons (Fsp3) is 0.636. The number of thioether (sulfide) groups is 1. The number of carbonyl (C=O) groups is 1. The molecule has 0 spiro atoms. The number of ether oxygens (including phenoxy) is 1. The molecule has 4 nitrogen and oxygen atoms in total. The van der Waals surface area contributed by atoms with Gasteiger partial charge in [-0.15, -0.1) is 11.3 Å². The number of thiazole rings is 1. The van der Waals surface area contributed by atoms with Gasteiger partial charge in [0.1, 0.15) is 0 Å². The molecule has 1 aromatic heterocycles. The smallest absolute Gasteiger partial charge is 0.358 e. The van der Waals surface area contributed by atoms with E-state index in [1.54, 1.807) is 18.7 Å². The van der Waals surface area contributed by atoms with E-state index >= 15 is 0 Å². The van der Waals surface area contributed by atoms with Gasteiger partial charge in [-0.1, -0.05) is 0 Å². The third-order valence-corrected chi connectivity index (χ3v) is 3.79. The van der Waals surface area contributed by atoms with Crippen LogP contribution in [-0.2, 0) is 4.74 Å². The summed E-state index contributed by atoms with van der Waals surface area (Å²) in [5.41, 5.74) is 0.427. The van der Waals surface area contributed by atoms with Crippen LogP contribution in [0.25, 0.3) is 0 Å². The van der Waals surface area contributed by atoms with Crippen LogP contribution >= 0.6 is 23.1 Å². The number of esters is 1. The molecule has 0 bridgehead atoms. The predicted molar refractivity (Wildman–Crippen MR) is 74.3 cm³/mol. The summed E-state index contributed by atoms with van der Waals surface area (Å²) in [7, 11) is 0. The molecular formula is C11H18N2O2S2. The minimum Gasteiger partial charge on any atom is -0.461 e. The number of rotatable bonds is 6. The van der Waals surface area contributed by atoms with Gasteiger partial charge in [-0.05, 0) is 27.0 Å². The lowest BCUT2D eigenvalue weighted by molar-refractivity contribution is 0.0519. The SMILES string of the molecule is CCOC(=O)c1nc(NC(C)CSC)sc1C. The Balaban J connectivity index is 2.70. The molecule has 0 aliphatic rings. The molecule has 1 atom stereocenters. The molecule has 1 heterocycles. The van der Waals surface area contributed by atoms with Crippen molar-refractivity contribution < 1.29 is 9.53 Å². The molecule has 6 heteroatoms. The van der Waals surface area contributed by atoms with Crippen LogP contribution < -0.4 is 5.32 Å². The van der Waals surface area contributed by atoms with E-state index in [4.69, 9.17) is 4.74 Å². The highest BCUT2D eigenvalue weighted by molar-refractivity contribution is 7.98. The Labute approximate surface area is 110 Å². The average Bonchev–Trinajstić information content (AvgIpc) is 2.60. The first-order chi connectivity index (χ1) is 8.08. The molecule has 1 rings (SSSR count). The van der Waals surface area contributed by atoms with Gasteiger partial charge < -0.3 is 10.1 Å². The Kier molecular flexibility index (Phi) is 5.77. The van der Waals surface area contributed by atoms with Gasteiger partial charge in [0, 0.05) is 16.7 Å². The molecule has 0 saturated heterocycles. The summed E-state index contributed by atoms with van der Waals surface area (Å²) in [6.07, 6.45) is 2.06. The second-order valence-electron chi connectivity index (χ2n) is 3.65. The van der Waals surface area contributed by atoms with Gasteiger partial charge in [-0.3, -0.25) is 0 Å². The van der Waals surface area contributed by atoms with Gasteiger partial charge in [0.2, 0.25) is 0 Å². The quantitative estimate of drug-likeness (QED) is 0.808. The highest BCUT2D eigenvalue weighted by atomic mass is 32.2. The van der Waals surface area contributed by atoms with E-state index in [1.807, 2.05) is 6.92 Å². The van der Waals surface area contributed by atoms with E-state index < -0.39 is 0 Å². The topological polar surface area (TPSA) is 51.2 Å². The summed E-state index contributed by atoms with van der Waals surface area (Å²) >= 11 is 3.27. The van der Waals surface area contributed by atoms with E-state index in [1.165, 1.54) is 11.3 Å². The Morgan fingerprint density at radius 3 is 2.94 bits per heavy atom. The van der Waals surface area contributed by atoms with E-state index in [0.717, 1.165) is 15.8 Å². The van der Waals surface area contributed by atoms with Crippen molar-refractivity contribution >= 4 is 34.2 Å². The van der Waals surface area contributed by atoms with Crippen molar-refractivity contribution in [2.24, 2.45) is 0 Å². The number of hydrogen-bond donors (Lipinski definition) is 1. The van der Waals surface area contributed by atoms with Gasteiger partial charge in [0.25, 0.3) is 0 Å². The zero-order valence-corrected chi connectivity index (χ0v) is 12.2. The summed E-state index contributed by atoms with van der Waals surface area (Å²) in [4.78, 5) is 16.7. The van der Waals surface area contributed by atoms with Crippen LogP contribution in [0.1, 0.15) is 29.2 Å². The van der Waals surface area contributed by atoms with Crippen LogP contribution in [0.2, 0.25) is 0 Å². The second-order valence-corrected chi connectivity index (χ2v) is 5.76. The Hall–Kier alpha value is -0.750. The lowest BCUT2D eigenvalue weighted by Gasteiger charge is -2.10. The number of anilines is 1. The Morgan fingerprint density at radius 2 is 2.35 bits per heavy atom. The van der Waals surface area contributed by atoms with Gasteiger partial charge in [-0.2, -0.15) is 11.8 Å². The van der Waals surface area contributed by atoms with Crippen molar-refractivity contribution in [3.63, 3.8) is 0 Å². The highest BCUT2D eigenvalue weighted by Crippen LogP contribution is 2.23. The summed E-state index contributed by atoms with van der Waals surface area (Å²) < 4.78 is 4.95. The Morgan fingerprint density at radius 1 is 1.65 bits per heavy atom. The lowest BCUT2D eigenvalue weighted by atomic mass is 10.4. The third-order valence-electron chi connectivity index (χ3n) is 2.05. The zero-order valence-electron chi connectivity index (χ0n) is 10.6. The average molecular weight is 274 g/mol. The van der Waals surface area contributed by atoms with E-state index in [0.29, 0.717) is 18.3 Å². The van der Waals surface area contributed by atoms with Crippen molar-refractivity contribution in [3.05, 3.63) is 10.6 Å². The van der Waals surface area contributed by atoms with E-state index in [9.17, 15) is 4.79 Å². The van der Waals surface area contributed by atoms with Crippen molar-refractivity contribution in [1.29, 1.82) is 0 Å². The Bertz CT molecular complexity index is 380. The third kappa shape index (κ3) is 4.20. The second kappa shape index (κ2) is 6.86. The molecular weight excluding hydrogens is 256 g/mol. The fourth-order valence-electron chi connectivity index (χ4n) is 1.35. The number of hydrogen-bond acceptors (Lipinski definition) is 6. The first-order valence-corrected chi connectivity index (χ1v) is 7.69. The molecule has 17 heavy (non-hydrogen) atoms. The van der Waals surface area contributed by atoms with Gasteiger partial charge in [0.05, 0.1) is 6.61 Å². The van der Waals surface area contributed by atoms with E-state index in [2.05, 4.69) is 23.5 Å². The number of aromatic nitrogens is 1. The maximum absolute atomic E-state index is 11.6. The van der Waals surface area contributed by atoms with Crippen molar-refractivity contribution in [2.45, 2.75) is 26.8 Å². The van der Waals surface area contributed by atoms with Crippen LogP contribution in [0.3, 0.4) is 0 Å². The van der Waals surface area contributed by atoms with Crippen LogP contribution in [0.5, 0.6) is 0 Å². The molecule has 96 valence electrons. The van der Waals surface area contributed by atoms with Gasteiger partial charge in [0.15, 0.2) is 10.8 Å². The standard InChI is InChI=1S/C11H18N2O2S2/c1-5-15-10(14)9-8(3)17-11(13-9)12-7(2)6-16-4/h7H,5-6H2,1-4H3,(H,12,13). The number of nitrogens with zero attached hydrogens (tertiary/aromatic N) is 1. The predicted octanol–water partition coefficient (Wildman–Crippen LogP) is 2.79. The number of aryl methyl sites for hydroxylation is 1. The molecule has 0 radical (unpaired) electrons. The molecule has 0 aliphatic heterocycles. The molecule has 1 aromatic rings. The summed E-state index contributed by atoms with van der Waals surface area (Å²) in [6, 6.07) is 0.339. The van der Waals surface area contributed by atoms with Crippen LogP contribution in [0, 0.1) is 6.92 Å². The molecule has 1 unspecified atom stereocenters. The maximum Gasteiger partial charge on any atom is 0.358 e. The van der Waals surface area contributed by atoms with E-state index in [-0.39, 0.29) is 5.97 Å². The summed E-state index contributed by atoms with van der Waals surface area (Å²) in [5, 5.41) is 4.06. The van der Waals surface area contributed by atoms with Crippen molar-refractivity contribution in [1.82, 2.24) is 4.98 Å². The minimum absolute atomic E-state index is 0.339. The minimum atomic E-state index is -0.341. The van der Waals surface area contributed by atoms with Crippen molar-refractivity contribution in [2.75, 3.05) is 23.9 Å². The largest absolute Gasteiger partial charge is 0.461 e. The van der Waals surface area contributed by atoms with Crippen LogP contribution in [0.4, 0.5) is 5.13 Å². The zero-order chi connectivity index (χ0) is 12.8. The first kappa shape index (κ1) is 14.3. The number of carbonyl (C=O) groups excluding carboxylic acids is 1. The fourth-order valence-corrected chi connectivity index (χ4v) is 2.85. The number of nitrogens with one attached hydrogen (secondary N) is 1. The molecule has 1 N–H and O–H groups in total. The molecule has 0 saturated carbocycles. The molecule has 0 fully saturated rings. The van der Waals surface area contributed by atoms with Crippen LogP contribution in [-0.4, -0.2) is 35.6 Å². The molecule has 0 amide bonds. The highest BCUT2D eigenvalue weighted by Gasteiger charge is 2.17. The summed E-state index contributed by atoms with van der Waals surface area (Å²) in [5.74, 6) is 0.666. The van der Waals surface area contributed by atoms with Gasteiger partial charge in [-0.25, -0.2) is 9.78 Å². The van der Waals surface area contributed by atoms with Crippen LogP contribution in [0.15, 0.2) is 0 Å². The maximum atomic E-state index is 11.6. The monoisotopic (exact) mass is 274 g/mol. The van der Waals surface area contributed by atoms with Gasteiger partial charge >= 0.3 is 5.97 Å². The molecule has 0 aliphatic carbocycles. The van der Waals surface area contributed by atoms with Crippen molar-refractivity contribution in [3.8, 4) is 0 Å². The lowest BCUT2D eigenvalue weighted by Crippen LogP contribution is -2.17. The normalized spacial score (nSPS) is 12.2.